The summed E-state index contributed by atoms with van der Waals surface area (Å²) in [5.41, 5.74) is 5.30. The maximum absolute atomic E-state index is 13.8. The number of aromatic amines is 1. The number of tetrazole rings is 1. The van der Waals surface area contributed by atoms with Crippen LogP contribution in [0.25, 0.3) is 28.3 Å². The lowest BCUT2D eigenvalue weighted by Gasteiger charge is -2.16. The first-order chi connectivity index (χ1) is 18.1. The number of benzene rings is 2. The second-order valence-corrected chi connectivity index (χ2v) is 9.20. The van der Waals surface area contributed by atoms with Gasteiger partial charge in [0.25, 0.3) is 5.56 Å². The number of hydrogen-bond donors (Lipinski definition) is 1. The molecule has 0 saturated heterocycles. The summed E-state index contributed by atoms with van der Waals surface area (Å²) in [6, 6.07) is 19.6. The molecule has 0 aliphatic rings. The van der Waals surface area contributed by atoms with E-state index in [9.17, 15) is 4.79 Å². The Kier molecular flexibility index (Phi) is 7.18. The van der Waals surface area contributed by atoms with Gasteiger partial charge in [-0.1, -0.05) is 73.5 Å². The summed E-state index contributed by atoms with van der Waals surface area (Å²) in [7, 11) is 0. The van der Waals surface area contributed by atoms with E-state index >= 15 is 0 Å². The van der Waals surface area contributed by atoms with Crippen LogP contribution in [0.1, 0.15) is 42.4 Å². The van der Waals surface area contributed by atoms with E-state index in [0.717, 1.165) is 47.2 Å². The van der Waals surface area contributed by atoms with Crippen LogP contribution in [0.15, 0.2) is 71.7 Å². The lowest BCUT2D eigenvalue weighted by Crippen LogP contribution is -2.29. The molecule has 186 valence electrons. The van der Waals surface area contributed by atoms with Crippen LogP contribution in [0.5, 0.6) is 0 Å². The minimum atomic E-state index is -0.134. The molecule has 0 aliphatic carbocycles. The highest BCUT2D eigenvalue weighted by molar-refractivity contribution is 6.32. The zero-order chi connectivity index (χ0) is 25.8. The number of halogens is 1. The normalized spacial score (nSPS) is 11.1. The van der Waals surface area contributed by atoms with E-state index in [4.69, 9.17) is 16.6 Å². The number of aromatic nitrogens is 7. The van der Waals surface area contributed by atoms with E-state index in [1.165, 1.54) is 4.57 Å². The third-order valence-corrected chi connectivity index (χ3v) is 6.60. The summed E-state index contributed by atoms with van der Waals surface area (Å²) in [6.45, 7) is 3.95. The van der Waals surface area contributed by atoms with Crippen molar-refractivity contribution in [2.24, 2.45) is 0 Å². The average molecular weight is 512 g/mol. The minimum absolute atomic E-state index is 0.134. The number of nitrogens with zero attached hydrogens (tertiary/aromatic N) is 6. The second kappa shape index (κ2) is 10.8. The zero-order valence-electron chi connectivity index (χ0n) is 20.6. The molecular weight excluding hydrogens is 486 g/mol. The van der Waals surface area contributed by atoms with E-state index < -0.39 is 0 Å². The summed E-state index contributed by atoms with van der Waals surface area (Å²) in [4.78, 5) is 23.0. The Morgan fingerprint density at radius 2 is 1.78 bits per heavy atom. The van der Waals surface area contributed by atoms with Gasteiger partial charge in [0.1, 0.15) is 5.82 Å². The summed E-state index contributed by atoms with van der Waals surface area (Å²) in [5, 5.41) is 14.9. The van der Waals surface area contributed by atoms with Crippen LogP contribution >= 0.6 is 11.6 Å². The van der Waals surface area contributed by atoms with Gasteiger partial charge in [-0.2, -0.15) is 5.21 Å². The number of aryl methyl sites for hydroxylation is 2. The summed E-state index contributed by atoms with van der Waals surface area (Å²) in [6.07, 6.45) is 4.81. The van der Waals surface area contributed by atoms with Gasteiger partial charge < -0.3 is 0 Å². The minimum Gasteiger partial charge on any atom is -0.268 e. The molecule has 0 saturated carbocycles. The number of rotatable bonds is 8. The molecule has 0 spiro atoms. The fraction of sp³-hybridized carbons (Fsp3) is 0.214. The molecule has 5 aromatic rings. The molecule has 0 bridgehead atoms. The Balaban J connectivity index is 1.53. The molecule has 3 aromatic heterocycles. The van der Waals surface area contributed by atoms with E-state index in [1.807, 2.05) is 43.3 Å². The molecule has 3 heterocycles. The van der Waals surface area contributed by atoms with Crippen LogP contribution in [-0.4, -0.2) is 35.2 Å². The summed E-state index contributed by atoms with van der Waals surface area (Å²) < 4.78 is 1.52. The number of nitrogens with one attached hydrogen (secondary N) is 1. The lowest BCUT2D eigenvalue weighted by molar-refractivity contribution is 0.729. The number of pyridine rings is 1. The smallest absolute Gasteiger partial charge is 0.263 e. The van der Waals surface area contributed by atoms with Crippen molar-refractivity contribution in [3.05, 3.63) is 105 Å². The van der Waals surface area contributed by atoms with Gasteiger partial charge >= 0.3 is 0 Å². The molecule has 2 aromatic carbocycles. The second-order valence-electron chi connectivity index (χ2n) is 8.79. The van der Waals surface area contributed by atoms with Crippen molar-refractivity contribution < 1.29 is 0 Å². The number of hydrogen-bond acceptors (Lipinski definition) is 6. The Hall–Kier alpha value is -4.17. The van der Waals surface area contributed by atoms with Gasteiger partial charge in [0.2, 0.25) is 5.82 Å². The van der Waals surface area contributed by atoms with Crippen molar-refractivity contribution in [1.29, 1.82) is 0 Å². The van der Waals surface area contributed by atoms with E-state index in [-0.39, 0.29) is 5.56 Å². The van der Waals surface area contributed by atoms with Crippen LogP contribution in [0, 0.1) is 6.92 Å². The first kappa shape index (κ1) is 24.5. The predicted molar refractivity (Wildman–Crippen MR) is 144 cm³/mol. The largest absolute Gasteiger partial charge is 0.268 e. The molecule has 5 rings (SSSR count). The highest BCUT2D eigenvalue weighted by Crippen LogP contribution is 2.30. The monoisotopic (exact) mass is 511 g/mol. The van der Waals surface area contributed by atoms with Crippen LogP contribution < -0.4 is 5.56 Å². The van der Waals surface area contributed by atoms with Gasteiger partial charge in [0.05, 0.1) is 10.7 Å². The Bertz CT molecular complexity index is 1580. The Labute approximate surface area is 219 Å². The molecule has 37 heavy (non-hydrogen) atoms. The number of unbranched alkanes of at least 4 members (excludes halogenated alkanes) is 1. The van der Waals surface area contributed by atoms with Crippen molar-refractivity contribution in [3.63, 3.8) is 0 Å². The third-order valence-electron chi connectivity index (χ3n) is 6.31. The maximum atomic E-state index is 13.8. The van der Waals surface area contributed by atoms with Crippen molar-refractivity contribution >= 4 is 11.6 Å². The molecule has 1 N–H and O–H groups in total. The SMILES string of the molecule is CCCCc1nc(C)n(-c2ncccc2Cl)c(=O)c1Cc1ccc(-c2ccccc2-c2nn[nH]n2)cc1. The lowest BCUT2D eigenvalue weighted by atomic mass is 9.96. The van der Waals surface area contributed by atoms with E-state index in [2.05, 4.69) is 44.7 Å². The van der Waals surface area contributed by atoms with Crippen molar-refractivity contribution in [2.45, 2.75) is 39.5 Å². The van der Waals surface area contributed by atoms with Crippen LogP contribution in [0.3, 0.4) is 0 Å². The predicted octanol–water partition coefficient (Wildman–Crippen LogP) is 5.37. The fourth-order valence-electron chi connectivity index (χ4n) is 4.45. The molecule has 0 amide bonds. The molecule has 0 aliphatic heterocycles. The standard InChI is InChI=1S/C28H26ClN7O/c1-3-4-11-25-23(28(37)36(18(2)31-25)27-24(29)10-7-16-30-27)17-19-12-14-20(15-13-19)21-8-5-6-9-22(21)26-32-34-35-33-26/h5-10,12-16H,3-4,11,17H2,1-2H3,(H,32,33,34,35). The molecular formula is C28H26ClN7O. The Morgan fingerprint density at radius 3 is 2.49 bits per heavy atom. The first-order valence-electron chi connectivity index (χ1n) is 12.2. The molecule has 0 atom stereocenters. The molecule has 0 radical (unpaired) electrons. The van der Waals surface area contributed by atoms with Gasteiger partial charge in [-0.05, 0) is 53.8 Å². The van der Waals surface area contributed by atoms with Gasteiger partial charge in [-0.15, -0.1) is 10.2 Å². The highest BCUT2D eigenvalue weighted by Gasteiger charge is 2.18. The van der Waals surface area contributed by atoms with Gasteiger partial charge in [0.15, 0.2) is 5.82 Å². The van der Waals surface area contributed by atoms with E-state index in [1.54, 1.807) is 18.3 Å². The molecule has 9 heteroatoms. The van der Waals surface area contributed by atoms with Crippen molar-refractivity contribution in [3.8, 4) is 28.3 Å². The zero-order valence-corrected chi connectivity index (χ0v) is 21.4. The highest BCUT2D eigenvalue weighted by atomic mass is 35.5. The number of H-pyrrole nitrogens is 1. The molecule has 0 unspecified atom stereocenters. The Morgan fingerprint density at radius 1 is 1.00 bits per heavy atom. The maximum Gasteiger partial charge on any atom is 0.263 e. The van der Waals surface area contributed by atoms with Crippen LogP contribution in [-0.2, 0) is 12.8 Å². The third kappa shape index (κ3) is 5.06. The molecule has 0 fully saturated rings. The van der Waals surface area contributed by atoms with Crippen molar-refractivity contribution in [2.75, 3.05) is 0 Å². The van der Waals surface area contributed by atoms with Gasteiger partial charge in [-0.25, -0.2) is 14.5 Å². The molecule has 8 nitrogen and oxygen atoms in total. The van der Waals surface area contributed by atoms with Gasteiger partial charge in [-0.3, -0.25) is 4.79 Å². The van der Waals surface area contributed by atoms with Crippen molar-refractivity contribution in [1.82, 2.24) is 35.2 Å². The van der Waals surface area contributed by atoms with Crippen LogP contribution in [0.2, 0.25) is 5.02 Å². The topological polar surface area (TPSA) is 102 Å². The van der Waals surface area contributed by atoms with Crippen LogP contribution in [0.4, 0.5) is 0 Å². The average Bonchev–Trinajstić information content (AvgIpc) is 3.46. The summed E-state index contributed by atoms with van der Waals surface area (Å²) >= 11 is 6.40. The summed E-state index contributed by atoms with van der Waals surface area (Å²) in [5.74, 6) is 1.52. The van der Waals surface area contributed by atoms with Gasteiger partial charge in [0, 0.05) is 23.7 Å². The first-order valence-corrected chi connectivity index (χ1v) is 12.6. The fourth-order valence-corrected chi connectivity index (χ4v) is 4.66. The quantitative estimate of drug-likeness (QED) is 0.300. The van der Waals surface area contributed by atoms with E-state index in [0.29, 0.717) is 34.5 Å².